The molecule has 0 saturated carbocycles. The molecule has 0 amide bonds. The SMILES string of the molecule is CCCN1CC(C(C)(C)C)NCc2ccccc21. The third-order valence-electron chi connectivity index (χ3n) is 3.81. The summed E-state index contributed by atoms with van der Waals surface area (Å²) in [6, 6.07) is 9.34. The predicted molar refractivity (Wildman–Crippen MR) is 79.0 cm³/mol. The van der Waals surface area contributed by atoms with Crippen molar-refractivity contribution >= 4 is 5.69 Å². The van der Waals surface area contributed by atoms with Gasteiger partial charge < -0.3 is 10.2 Å². The Morgan fingerprint density at radius 3 is 2.67 bits per heavy atom. The molecule has 0 aromatic heterocycles. The molecule has 18 heavy (non-hydrogen) atoms. The van der Waals surface area contributed by atoms with Crippen molar-refractivity contribution in [2.24, 2.45) is 5.41 Å². The van der Waals surface area contributed by atoms with E-state index in [-0.39, 0.29) is 0 Å². The number of rotatable bonds is 2. The number of fused-ring (bicyclic) bond motifs is 1. The largest absolute Gasteiger partial charge is 0.370 e. The summed E-state index contributed by atoms with van der Waals surface area (Å²) in [6.07, 6.45) is 1.20. The molecule has 0 bridgehead atoms. The van der Waals surface area contributed by atoms with Gasteiger partial charge in [-0.05, 0) is 23.5 Å². The van der Waals surface area contributed by atoms with Crippen LogP contribution in [0.1, 0.15) is 39.7 Å². The van der Waals surface area contributed by atoms with Gasteiger partial charge in [0, 0.05) is 31.4 Å². The monoisotopic (exact) mass is 246 g/mol. The number of anilines is 1. The molecule has 1 atom stereocenters. The minimum Gasteiger partial charge on any atom is -0.370 e. The molecule has 1 N–H and O–H groups in total. The predicted octanol–water partition coefficient (Wildman–Crippen LogP) is 3.42. The maximum atomic E-state index is 3.72. The molecule has 1 aromatic carbocycles. The van der Waals surface area contributed by atoms with Crippen LogP contribution in [0.25, 0.3) is 0 Å². The van der Waals surface area contributed by atoms with Crippen LogP contribution in [0.4, 0.5) is 5.69 Å². The molecule has 0 radical (unpaired) electrons. The van der Waals surface area contributed by atoms with Gasteiger partial charge in [0.15, 0.2) is 0 Å². The summed E-state index contributed by atoms with van der Waals surface area (Å²) in [6.45, 7) is 12.5. The van der Waals surface area contributed by atoms with Crippen LogP contribution in [0.15, 0.2) is 24.3 Å². The summed E-state index contributed by atoms with van der Waals surface area (Å²) in [4.78, 5) is 2.55. The first-order chi connectivity index (χ1) is 8.52. The first-order valence-corrected chi connectivity index (χ1v) is 7.08. The lowest BCUT2D eigenvalue weighted by atomic mass is 9.86. The van der Waals surface area contributed by atoms with Crippen LogP contribution >= 0.6 is 0 Å². The quantitative estimate of drug-likeness (QED) is 0.860. The summed E-state index contributed by atoms with van der Waals surface area (Å²) >= 11 is 0. The van der Waals surface area contributed by atoms with Gasteiger partial charge >= 0.3 is 0 Å². The van der Waals surface area contributed by atoms with Crippen LogP contribution in [-0.2, 0) is 6.54 Å². The summed E-state index contributed by atoms with van der Waals surface area (Å²) < 4.78 is 0. The highest BCUT2D eigenvalue weighted by Gasteiger charge is 2.29. The lowest BCUT2D eigenvalue weighted by molar-refractivity contribution is 0.272. The summed E-state index contributed by atoms with van der Waals surface area (Å²) in [7, 11) is 0. The third kappa shape index (κ3) is 2.86. The Hall–Kier alpha value is -1.02. The Bertz CT molecular complexity index is 392. The molecular formula is C16H26N2. The standard InChI is InChI=1S/C16H26N2/c1-5-10-18-12-15(16(2,3)4)17-11-13-8-6-7-9-14(13)18/h6-9,15,17H,5,10-12H2,1-4H3. The molecule has 0 fully saturated rings. The van der Waals surface area contributed by atoms with Crippen molar-refractivity contribution < 1.29 is 0 Å². The van der Waals surface area contributed by atoms with E-state index in [2.05, 4.69) is 62.2 Å². The van der Waals surface area contributed by atoms with Gasteiger partial charge in [-0.2, -0.15) is 0 Å². The molecule has 100 valence electrons. The molecule has 2 nitrogen and oxygen atoms in total. The fraction of sp³-hybridized carbons (Fsp3) is 0.625. The van der Waals surface area contributed by atoms with Gasteiger partial charge in [0.1, 0.15) is 0 Å². The number of hydrogen-bond acceptors (Lipinski definition) is 2. The fourth-order valence-electron chi connectivity index (χ4n) is 2.65. The Morgan fingerprint density at radius 2 is 2.00 bits per heavy atom. The average molecular weight is 246 g/mol. The first kappa shape index (κ1) is 13.4. The van der Waals surface area contributed by atoms with Crippen molar-refractivity contribution in [2.75, 3.05) is 18.0 Å². The van der Waals surface area contributed by atoms with Crippen LogP contribution in [-0.4, -0.2) is 19.1 Å². The molecule has 2 rings (SSSR count). The van der Waals surface area contributed by atoms with E-state index in [1.165, 1.54) is 17.7 Å². The minimum absolute atomic E-state index is 0.300. The topological polar surface area (TPSA) is 15.3 Å². The zero-order chi connectivity index (χ0) is 13.2. The van der Waals surface area contributed by atoms with Crippen molar-refractivity contribution in [2.45, 2.75) is 46.7 Å². The third-order valence-corrected chi connectivity index (χ3v) is 3.81. The zero-order valence-corrected chi connectivity index (χ0v) is 12.2. The maximum Gasteiger partial charge on any atom is 0.0412 e. The second-order valence-electron chi connectivity index (χ2n) is 6.37. The Labute approximate surface area is 111 Å². The smallest absolute Gasteiger partial charge is 0.0412 e. The van der Waals surface area contributed by atoms with Crippen LogP contribution in [0.5, 0.6) is 0 Å². The van der Waals surface area contributed by atoms with Crippen molar-refractivity contribution in [3.8, 4) is 0 Å². The molecule has 1 unspecified atom stereocenters. The highest BCUT2D eigenvalue weighted by atomic mass is 15.2. The number of benzene rings is 1. The van der Waals surface area contributed by atoms with E-state index in [9.17, 15) is 0 Å². The lowest BCUT2D eigenvalue weighted by Crippen LogP contribution is -2.46. The molecular weight excluding hydrogens is 220 g/mol. The van der Waals surface area contributed by atoms with E-state index in [0.29, 0.717) is 11.5 Å². The van der Waals surface area contributed by atoms with E-state index >= 15 is 0 Å². The second-order valence-corrected chi connectivity index (χ2v) is 6.37. The van der Waals surface area contributed by atoms with Crippen LogP contribution < -0.4 is 10.2 Å². The van der Waals surface area contributed by atoms with E-state index in [1.807, 2.05) is 0 Å². The Morgan fingerprint density at radius 1 is 1.28 bits per heavy atom. The van der Waals surface area contributed by atoms with Gasteiger partial charge in [-0.1, -0.05) is 45.9 Å². The highest BCUT2D eigenvalue weighted by molar-refractivity contribution is 5.54. The van der Waals surface area contributed by atoms with E-state index < -0.39 is 0 Å². The Kier molecular flexibility index (Phi) is 3.96. The number of para-hydroxylation sites is 1. The van der Waals surface area contributed by atoms with Gasteiger partial charge in [0.05, 0.1) is 0 Å². The van der Waals surface area contributed by atoms with E-state index in [0.717, 1.165) is 19.6 Å². The van der Waals surface area contributed by atoms with Gasteiger partial charge in [-0.25, -0.2) is 0 Å². The molecule has 0 saturated heterocycles. The normalized spacial score (nSPS) is 20.4. The van der Waals surface area contributed by atoms with Gasteiger partial charge in [-0.15, -0.1) is 0 Å². The molecule has 0 aliphatic carbocycles. The highest BCUT2D eigenvalue weighted by Crippen LogP contribution is 2.28. The fourth-order valence-corrected chi connectivity index (χ4v) is 2.65. The van der Waals surface area contributed by atoms with Gasteiger partial charge in [-0.3, -0.25) is 0 Å². The minimum atomic E-state index is 0.300. The van der Waals surface area contributed by atoms with E-state index in [1.54, 1.807) is 0 Å². The van der Waals surface area contributed by atoms with Crippen molar-refractivity contribution in [3.63, 3.8) is 0 Å². The molecule has 1 aromatic rings. The molecule has 1 heterocycles. The number of nitrogens with zero attached hydrogens (tertiary/aromatic N) is 1. The van der Waals surface area contributed by atoms with Crippen molar-refractivity contribution in [1.29, 1.82) is 0 Å². The van der Waals surface area contributed by atoms with Gasteiger partial charge in [0.25, 0.3) is 0 Å². The molecule has 1 aliphatic rings. The number of nitrogens with one attached hydrogen (secondary N) is 1. The molecule has 1 aliphatic heterocycles. The van der Waals surface area contributed by atoms with Crippen molar-refractivity contribution in [3.05, 3.63) is 29.8 Å². The zero-order valence-electron chi connectivity index (χ0n) is 12.2. The number of hydrogen-bond donors (Lipinski definition) is 1. The molecule has 0 spiro atoms. The molecule has 2 heteroatoms. The summed E-state index contributed by atoms with van der Waals surface area (Å²) in [5.41, 5.74) is 3.14. The Balaban J connectivity index is 2.28. The van der Waals surface area contributed by atoms with Crippen LogP contribution in [0, 0.1) is 5.41 Å². The first-order valence-electron chi connectivity index (χ1n) is 7.08. The van der Waals surface area contributed by atoms with Crippen LogP contribution in [0.2, 0.25) is 0 Å². The summed E-state index contributed by atoms with van der Waals surface area (Å²) in [5.74, 6) is 0. The maximum absolute atomic E-state index is 3.72. The van der Waals surface area contributed by atoms with E-state index in [4.69, 9.17) is 0 Å². The second kappa shape index (κ2) is 5.31. The summed E-state index contributed by atoms with van der Waals surface area (Å²) in [5, 5.41) is 3.72. The van der Waals surface area contributed by atoms with Crippen molar-refractivity contribution in [1.82, 2.24) is 5.32 Å². The lowest BCUT2D eigenvalue weighted by Gasteiger charge is -2.34. The van der Waals surface area contributed by atoms with Gasteiger partial charge in [0.2, 0.25) is 0 Å². The van der Waals surface area contributed by atoms with Crippen LogP contribution in [0.3, 0.4) is 0 Å². The average Bonchev–Trinajstić information content (AvgIpc) is 2.50.